The summed E-state index contributed by atoms with van der Waals surface area (Å²) < 4.78 is 5.32. The van der Waals surface area contributed by atoms with E-state index >= 15 is 0 Å². The van der Waals surface area contributed by atoms with Crippen LogP contribution >= 0.6 is 11.6 Å². The van der Waals surface area contributed by atoms with Crippen molar-refractivity contribution in [3.63, 3.8) is 0 Å². The van der Waals surface area contributed by atoms with E-state index in [0.29, 0.717) is 11.6 Å². The first kappa shape index (κ1) is 13.0. The zero-order chi connectivity index (χ0) is 12.0. The first-order valence-electron chi connectivity index (χ1n) is 5.01. The molecule has 1 aromatic carbocycles. The topological polar surface area (TPSA) is 44.5 Å². The molecule has 0 spiro atoms. The summed E-state index contributed by atoms with van der Waals surface area (Å²) in [5, 5.41) is 0.702. The van der Waals surface area contributed by atoms with Gasteiger partial charge >= 0.3 is 0 Å². The van der Waals surface area contributed by atoms with Crippen molar-refractivity contribution in [2.75, 3.05) is 13.7 Å². The molecule has 0 atom stereocenters. The number of ether oxygens (including phenoxy) is 1. The molecule has 0 unspecified atom stereocenters. The van der Waals surface area contributed by atoms with Crippen LogP contribution in [-0.4, -0.2) is 13.7 Å². The van der Waals surface area contributed by atoms with Crippen LogP contribution in [0.4, 0.5) is 0 Å². The predicted molar refractivity (Wildman–Crippen MR) is 66.5 cm³/mol. The van der Waals surface area contributed by atoms with Crippen molar-refractivity contribution >= 4 is 17.7 Å². The Balaban J connectivity index is 2.89. The molecule has 0 aliphatic heterocycles. The lowest BCUT2D eigenvalue weighted by Crippen LogP contribution is -1.98. The number of halogens is 1. The predicted octanol–water partition coefficient (Wildman–Crippen LogP) is 2.95. The van der Waals surface area contributed by atoms with Crippen LogP contribution in [0.5, 0.6) is 5.75 Å². The lowest BCUT2D eigenvalue weighted by molar-refractivity contribution is 0.143. The van der Waals surface area contributed by atoms with Gasteiger partial charge in [0.25, 0.3) is 0 Å². The van der Waals surface area contributed by atoms with Gasteiger partial charge in [0.2, 0.25) is 0 Å². The highest BCUT2D eigenvalue weighted by molar-refractivity contribution is 6.30. The normalized spacial score (nSPS) is 11.0. The van der Waals surface area contributed by atoms with Crippen LogP contribution in [0.2, 0.25) is 5.02 Å². The highest BCUT2D eigenvalue weighted by atomic mass is 35.5. The van der Waals surface area contributed by atoms with Gasteiger partial charge in [-0.2, -0.15) is 0 Å². The van der Waals surface area contributed by atoms with E-state index < -0.39 is 0 Å². The van der Waals surface area contributed by atoms with E-state index in [9.17, 15) is 0 Å². The maximum absolute atomic E-state index is 5.99. The van der Waals surface area contributed by atoms with E-state index in [0.717, 1.165) is 23.3 Å². The van der Waals surface area contributed by atoms with E-state index in [4.69, 9.17) is 22.2 Å². The first-order chi connectivity index (χ1) is 7.69. The molecule has 0 heterocycles. The van der Waals surface area contributed by atoms with Crippen LogP contribution in [-0.2, 0) is 4.84 Å². The molecular formula is C12H16ClNO2. The summed E-state index contributed by atoms with van der Waals surface area (Å²) in [4.78, 5) is 4.48. The zero-order valence-electron chi connectivity index (χ0n) is 9.50. The van der Waals surface area contributed by atoms with Crippen molar-refractivity contribution in [1.82, 2.24) is 0 Å². The standard InChI is InChI=1S/C12H16ClNO2/c1-9-7-11(13)8-10(12(9)15-2)5-3-4-6-16-14/h3,5,7-8H,4,6,14H2,1-2H3/b5-3+. The van der Waals surface area contributed by atoms with Crippen LogP contribution in [0.3, 0.4) is 0 Å². The highest BCUT2D eigenvalue weighted by Crippen LogP contribution is 2.28. The van der Waals surface area contributed by atoms with Gasteiger partial charge in [-0.15, -0.1) is 0 Å². The number of benzene rings is 1. The fourth-order valence-electron chi connectivity index (χ4n) is 1.50. The number of methoxy groups -OCH3 is 1. The van der Waals surface area contributed by atoms with E-state index in [-0.39, 0.29) is 0 Å². The van der Waals surface area contributed by atoms with Gasteiger partial charge in [-0.05, 0) is 31.0 Å². The molecule has 1 aromatic rings. The summed E-state index contributed by atoms with van der Waals surface area (Å²) in [5.41, 5.74) is 1.98. The van der Waals surface area contributed by atoms with Gasteiger partial charge in [-0.25, -0.2) is 5.90 Å². The molecule has 0 bridgehead atoms. The zero-order valence-corrected chi connectivity index (χ0v) is 10.3. The van der Waals surface area contributed by atoms with Crippen LogP contribution in [0, 0.1) is 6.92 Å². The minimum Gasteiger partial charge on any atom is -0.496 e. The number of nitrogens with two attached hydrogens (primary N) is 1. The van der Waals surface area contributed by atoms with Gasteiger partial charge < -0.3 is 9.57 Å². The molecule has 3 nitrogen and oxygen atoms in total. The molecule has 0 aromatic heterocycles. The lowest BCUT2D eigenvalue weighted by atomic mass is 10.1. The molecule has 0 aliphatic carbocycles. The Labute approximate surface area is 101 Å². The SMILES string of the molecule is COc1c(C)cc(Cl)cc1/C=C/CCON. The van der Waals surface area contributed by atoms with Crippen molar-refractivity contribution in [2.45, 2.75) is 13.3 Å². The monoisotopic (exact) mass is 241 g/mol. The second kappa shape index (κ2) is 6.53. The van der Waals surface area contributed by atoms with Crippen LogP contribution in [0.1, 0.15) is 17.5 Å². The molecule has 0 aliphatic rings. The Kier molecular flexibility index (Phi) is 5.32. The third-order valence-electron chi connectivity index (χ3n) is 2.17. The summed E-state index contributed by atoms with van der Waals surface area (Å²) >= 11 is 5.99. The molecule has 0 radical (unpaired) electrons. The van der Waals surface area contributed by atoms with Crippen LogP contribution in [0.25, 0.3) is 6.08 Å². The number of hydrogen-bond donors (Lipinski definition) is 1. The molecule has 16 heavy (non-hydrogen) atoms. The summed E-state index contributed by atoms with van der Waals surface area (Å²) in [5.74, 6) is 5.77. The average molecular weight is 242 g/mol. The maximum atomic E-state index is 5.99. The Morgan fingerprint density at radius 1 is 1.44 bits per heavy atom. The molecule has 1 rings (SSSR count). The number of rotatable bonds is 5. The van der Waals surface area contributed by atoms with Crippen molar-refractivity contribution in [1.29, 1.82) is 0 Å². The Hall–Kier alpha value is -1.03. The minimum atomic E-state index is 0.498. The van der Waals surface area contributed by atoms with Gasteiger partial charge in [0, 0.05) is 10.6 Å². The van der Waals surface area contributed by atoms with Gasteiger partial charge in [0.1, 0.15) is 5.75 Å². The summed E-state index contributed by atoms with van der Waals surface area (Å²) in [6.45, 7) is 2.46. The Morgan fingerprint density at radius 3 is 2.81 bits per heavy atom. The fraction of sp³-hybridized carbons (Fsp3) is 0.333. The number of hydrogen-bond acceptors (Lipinski definition) is 3. The molecule has 0 saturated carbocycles. The van der Waals surface area contributed by atoms with Gasteiger partial charge in [-0.3, -0.25) is 0 Å². The Bertz CT molecular complexity index is 378. The van der Waals surface area contributed by atoms with E-state index in [1.165, 1.54) is 0 Å². The second-order valence-electron chi connectivity index (χ2n) is 3.41. The maximum Gasteiger partial charge on any atom is 0.129 e. The molecule has 4 heteroatoms. The molecular weight excluding hydrogens is 226 g/mol. The van der Waals surface area contributed by atoms with E-state index in [1.807, 2.05) is 31.2 Å². The minimum absolute atomic E-state index is 0.498. The largest absolute Gasteiger partial charge is 0.496 e. The third-order valence-corrected chi connectivity index (χ3v) is 2.39. The average Bonchev–Trinajstić information content (AvgIpc) is 2.24. The molecule has 0 fully saturated rings. The third kappa shape index (κ3) is 3.52. The summed E-state index contributed by atoms with van der Waals surface area (Å²) in [7, 11) is 1.65. The van der Waals surface area contributed by atoms with Crippen molar-refractivity contribution in [2.24, 2.45) is 5.90 Å². The highest BCUT2D eigenvalue weighted by Gasteiger charge is 2.05. The second-order valence-corrected chi connectivity index (χ2v) is 3.84. The van der Waals surface area contributed by atoms with Crippen LogP contribution in [0.15, 0.2) is 18.2 Å². The number of aryl methyl sites for hydroxylation is 1. The summed E-state index contributed by atoms with van der Waals surface area (Å²) in [6.07, 6.45) is 4.68. The van der Waals surface area contributed by atoms with Crippen molar-refractivity contribution in [3.05, 3.63) is 34.4 Å². The lowest BCUT2D eigenvalue weighted by Gasteiger charge is -2.09. The smallest absolute Gasteiger partial charge is 0.129 e. The first-order valence-corrected chi connectivity index (χ1v) is 5.39. The quantitative estimate of drug-likeness (QED) is 0.637. The summed E-state index contributed by atoms with van der Waals surface area (Å²) in [6, 6.07) is 3.74. The Morgan fingerprint density at radius 2 is 2.19 bits per heavy atom. The van der Waals surface area contributed by atoms with Crippen molar-refractivity contribution in [3.8, 4) is 5.75 Å². The molecule has 0 amide bonds. The van der Waals surface area contributed by atoms with Gasteiger partial charge in [-0.1, -0.05) is 23.8 Å². The van der Waals surface area contributed by atoms with Crippen LogP contribution < -0.4 is 10.6 Å². The molecule has 88 valence electrons. The fourth-order valence-corrected chi connectivity index (χ4v) is 1.79. The molecule has 0 saturated heterocycles. The molecule has 2 N–H and O–H groups in total. The van der Waals surface area contributed by atoms with Crippen molar-refractivity contribution < 1.29 is 9.57 Å². The van der Waals surface area contributed by atoms with E-state index in [2.05, 4.69) is 4.84 Å². The van der Waals surface area contributed by atoms with Gasteiger partial charge in [0.15, 0.2) is 0 Å². The van der Waals surface area contributed by atoms with Gasteiger partial charge in [0.05, 0.1) is 13.7 Å². The van der Waals surface area contributed by atoms with E-state index in [1.54, 1.807) is 7.11 Å².